The Balaban J connectivity index is 1.69. The van der Waals surface area contributed by atoms with Crippen LogP contribution in [0.4, 0.5) is 5.95 Å². The second kappa shape index (κ2) is 5.01. The first-order chi connectivity index (χ1) is 8.79. The van der Waals surface area contributed by atoms with Crippen LogP contribution in [0.1, 0.15) is 26.2 Å². The average molecular weight is 267 g/mol. The van der Waals surface area contributed by atoms with Crippen molar-refractivity contribution in [2.24, 2.45) is 0 Å². The SMILES string of the molecule is CCCn1c(N2CCN(C3CC3)CC2)n[nH]c1=S. The van der Waals surface area contributed by atoms with E-state index in [0.29, 0.717) is 0 Å². The zero-order chi connectivity index (χ0) is 12.5. The number of hydrogen-bond donors (Lipinski definition) is 1. The maximum atomic E-state index is 5.29. The van der Waals surface area contributed by atoms with Crippen molar-refractivity contribution in [3.8, 4) is 0 Å². The molecule has 2 fully saturated rings. The molecule has 0 amide bonds. The third kappa shape index (κ3) is 2.31. The van der Waals surface area contributed by atoms with Crippen molar-refractivity contribution >= 4 is 18.2 Å². The van der Waals surface area contributed by atoms with Crippen LogP contribution in [0.25, 0.3) is 0 Å². The Bertz CT molecular complexity index is 453. The van der Waals surface area contributed by atoms with Gasteiger partial charge in [0.05, 0.1) is 0 Å². The third-order valence-corrected chi connectivity index (χ3v) is 4.16. The Morgan fingerprint density at radius 2 is 2.00 bits per heavy atom. The molecule has 1 aliphatic carbocycles. The fraction of sp³-hybridized carbons (Fsp3) is 0.833. The van der Waals surface area contributed by atoms with Gasteiger partial charge in [0.15, 0.2) is 4.77 Å². The van der Waals surface area contributed by atoms with Gasteiger partial charge in [-0.2, -0.15) is 0 Å². The van der Waals surface area contributed by atoms with Gasteiger partial charge in [-0.3, -0.25) is 9.47 Å². The lowest BCUT2D eigenvalue weighted by Crippen LogP contribution is -2.48. The Labute approximate surface area is 113 Å². The molecule has 18 heavy (non-hydrogen) atoms. The van der Waals surface area contributed by atoms with Gasteiger partial charge in [-0.25, -0.2) is 5.10 Å². The Morgan fingerprint density at radius 3 is 2.61 bits per heavy atom. The van der Waals surface area contributed by atoms with Crippen LogP contribution in [0, 0.1) is 4.77 Å². The topological polar surface area (TPSA) is 40.1 Å². The van der Waals surface area contributed by atoms with Gasteiger partial charge < -0.3 is 4.90 Å². The van der Waals surface area contributed by atoms with E-state index in [0.717, 1.165) is 55.9 Å². The van der Waals surface area contributed by atoms with Gasteiger partial charge in [0.25, 0.3) is 0 Å². The van der Waals surface area contributed by atoms with Gasteiger partial charge in [-0.05, 0) is 31.5 Å². The number of piperazine rings is 1. The fourth-order valence-electron chi connectivity index (χ4n) is 2.70. The molecule has 1 saturated heterocycles. The maximum absolute atomic E-state index is 5.29. The molecule has 0 spiro atoms. The summed E-state index contributed by atoms with van der Waals surface area (Å²) in [4.78, 5) is 4.97. The molecule has 1 saturated carbocycles. The monoisotopic (exact) mass is 267 g/mol. The predicted octanol–water partition coefficient (Wildman–Crippen LogP) is 1.64. The van der Waals surface area contributed by atoms with Gasteiger partial charge in [0, 0.05) is 38.8 Å². The first kappa shape index (κ1) is 12.2. The highest BCUT2D eigenvalue weighted by atomic mass is 32.1. The van der Waals surface area contributed by atoms with Crippen LogP contribution >= 0.6 is 12.2 Å². The zero-order valence-electron chi connectivity index (χ0n) is 10.9. The summed E-state index contributed by atoms with van der Waals surface area (Å²) in [5.74, 6) is 1.03. The number of aromatic nitrogens is 3. The predicted molar refractivity (Wildman–Crippen MR) is 74.5 cm³/mol. The van der Waals surface area contributed by atoms with Gasteiger partial charge in [0.2, 0.25) is 5.95 Å². The van der Waals surface area contributed by atoms with Crippen LogP contribution in [-0.4, -0.2) is 51.9 Å². The lowest BCUT2D eigenvalue weighted by Gasteiger charge is -2.35. The van der Waals surface area contributed by atoms with E-state index in [-0.39, 0.29) is 0 Å². The van der Waals surface area contributed by atoms with Crippen LogP contribution in [-0.2, 0) is 6.54 Å². The molecule has 100 valence electrons. The van der Waals surface area contributed by atoms with Crippen LogP contribution in [0.15, 0.2) is 0 Å². The summed E-state index contributed by atoms with van der Waals surface area (Å²) >= 11 is 5.29. The Hall–Kier alpha value is -0.880. The van der Waals surface area contributed by atoms with Gasteiger partial charge in [-0.1, -0.05) is 6.92 Å². The molecule has 0 atom stereocenters. The maximum Gasteiger partial charge on any atom is 0.225 e. The third-order valence-electron chi connectivity index (χ3n) is 3.85. The molecule has 0 radical (unpaired) electrons. The van der Waals surface area contributed by atoms with E-state index < -0.39 is 0 Å². The molecule has 6 heteroatoms. The highest BCUT2D eigenvalue weighted by Crippen LogP contribution is 2.28. The van der Waals surface area contributed by atoms with E-state index in [9.17, 15) is 0 Å². The van der Waals surface area contributed by atoms with Gasteiger partial charge >= 0.3 is 0 Å². The summed E-state index contributed by atoms with van der Waals surface area (Å²) in [6.45, 7) is 7.59. The quantitative estimate of drug-likeness (QED) is 0.842. The molecule has 2 heterocycles. The summed E-state index contributed by atoms with van der Waals surface area (Å²) in [6.07, 6.45) is 3.88. The summed E-state index contributed by atoms with van der Waals surface area (Å²) in [7, 11) is 0. The van der Waals surface area contributed by atoms with E-state index in [1.165, 1.54) is 12.8 Å². The van der Waals surface area contributed by atoms with Crippen molar-refractivity contribution in [2.45, 2.75) is 38.8 Å². The Kier molecular flexibility index (Phi) is 3.39. The molecule has 3 rings (SSSR count). The lowest BCUT2D eigenvalue weighted by molar-refractivity contribution is 0.246. The highest BCUT2D eigenvalue weighted by molar-refractivity contribution is 7.71. The van der Waals surface area contributed by atoms with E-state index in [1.807, 2.05) is 0 Å². The van der Waals surface area contributed by atoms with Crippen molar-refractivity contribution in [1.29, 1.82) is 0 Å². The largest absolute Gasteiger partial charge is 0.338 e. The molecule has 1 aromatic heterocycles. The number of H-pyrrole nitrogens is 1. The number of anilines is 1. The Morgan fingerprint density at radius 1 is 1.28 bits per heavy atom. The second-order valence-corrected chi connectivity index (χ2v) is 5.62. The van der Waals surface area contributed by atoms with Crippen molar-refractivity contribution in [1.82, 2.24) is 19.7 Å². The minimum atomic E-state index is 0.747. The summed E-state index contributed by atoms with van der Waals surface area (Å²) in [5, 5.41) is 7.32. The standard InChI is InChI=1S/C12H21N5S/c1-2-5-17-11(13-14-12(17)18)16-8-6-15(7-9-16)10-3-4-10/h10H,2-9H2,1H3,(H,14,18). The molecule has 1 aromatic rings. The average Bonchev–Trinajstić information content (AvgIpc) is 3.17. The fourth-order valence-corrected chi connectivity index (χ4v) is 2.92. The van der Waals surface area contributed by atoms with E-state index >= 15 is 0 Å². The first-order valence-electron chi connectivity index (χ1n) is 6.94. The molecular formula is C12H21N5S. The van der Waals surface area contributed by atoms with Crippen LogP contribution in [0.3, 0.4) is 0 Å². The number of nitrogens with one attached hydrogen (secondary N) is 1. The van der Waals surface area contributed by atoms with Gasteiger partial charge in [-0.15, -0.1) is 5.10 Å². The lowest BCUT2D eigenvalue weighted by atomic mass is 10.3. The molecule has 1 aliphatic heterocycles. The van der Waals surface area contributed by atoms with E-state index in [2.05, 4.69) is 31.5 Å². The van der Waals surface area contributed by atoms with Crippen molar-refractivity contribution in [2.75, 3.05) is 31.1 Å². The van der Waals surface area contributed by atoms with Gasteiger partial charge in [0.1, 0.15) is 0 Å². The second-order valence-electron chi connectivity index (χ2n) is 5.23. The first-order valence-corrected chi connectivity index (χ1v) is 7.34. The van der Waals surface area contributed by atoms with E-state index in [4.69, 9.17) is 12.2 Å². The smallest absolute Gasteiger partial charge is 0.225 e. The van der Waals surface area contributed by atoms with Crippen molar-refractivity contribution < 1.29 is 0 Å². The minimum absolute atomic E-state index is 0.747. The molecule has 0 unspecified atom stereocenters. The number of hydrogen-bond acceptors (Lipinski definition) is 4. The number of rotatable bonds is 4. The normalized spacial score (nSPS) is 21.5. The molecule has 2 aliphatic rings. The van der Waals surface area contributed by atoms with Crippen molar-refractivity contribution in [3.05, 3.63) is 4.77 Å². The minimum Gasteiger partial charge on any atom is -0.338 e. The van der Waals surface area contributed by atoms with Crippen molar-refractivity contribution in [3.63, 3.8) is 0 Å². The molecule has 0 bridgehead atoms. The zero-order valence-corrected chi connectivity index (χ0v) is 11.7. The molecular weight excluding hydrogens is 246 g/mol. The summed E-state index contributed by atoms with van der Waals surface area (Å²) < 4.78 is 2.87. The van der Waals surface area contributed by atoms with Crippen LogP contribution < -0.4 is 4.90 Å². The molecule has 5 nitrogen and oxygen atoms in total. The number of nitrogens with zero attached hydrogens (tertiary/aromatic N) is 4. The number of aromatic amines is 1. The molecule has 0 aromatic carbocycles. The van der Waals surface area contributed by atoms with E-state index in [1.54, 1.807) is 0 Å². The summed E-state index contributed by atoms with van der Waals surface area (Å²) in [6, 6.07) is 0.878. The molecule has 1 N–H and O–H groups in total. The highest BCUT2D eigenvalue weighted by Gasteiger charge is 2.32. The summed E-state index contributed by atoms with van der Waals surface area (Å²) in [5.41, 5.74) is 0. The van der Waals surface area contributed by atoms with Crippen LogP contribution in [0.5, 0.6) is 0 Å². The van der Waals surface area contributed by atoms with Crippen LogP contribution in [0.2, 0.25) is 0 Å².